The van der Waals surface area contributed by atoms with Crippen molar-refractivity contribution in [2.45, 2.75) is 77.4 Å². The molecule has 22 heavy (non-hydrogen) atoms. The van der Waals surface area contributed by atoms with Crippen molar-refractivity contribution in [3.63, 3.8) is 0 Å². The highest BCUT2D eigenvalue weighted by Gasteiger charge is 2.22. The molecular formula is C19H29NO2. The molecule has 0 aromatic heterocycles. The Bertz CT molecular complexity index is 464. The molecule has 1 aliphatic carbocycles. The maximum atomic E-state index is 12.5. The van der Waals surface area contributed by atoms with Crippen LogP contribution >= 0.6 is 0 Å². The molecule has 3 heteroatoms. The summed E-state index contributed by atoms with van der Waals surface area (Å²) in [5.74, 6) is 0.814. The molecule has 0 unspecified atom stereocenters. The van der Waals surface area contributed by atoms with Crippen LogP contribution in [0.3, 0.4) is 0 Å². The van der Waals surface area contributed by atoms with Gasteiger partial charge in [-0.3, -0.25) is 4.79 Å². The van der Waals surface area contributed by atoms with Gasteiger partial charge < -0.3 is 10.1 Å². The fourth-order valence-corrected chi connectivity index (χ4v) is 3.07. The molecule has 0 bridgehead atoms. The molecule has 1 atom stereocenters. The van der Waals surface area contributed by atoms with E-state index in [2.05, 4.69) is 5.32 Å². The van der Waals surface area contributed by atoms with E-state index in [0.29, 0.717) is 12.5 Å². The van der Waals surface area contributed by atoms with Crippen molar-refractivity contribution in [2.24, 2.45) is 0 Å². The summed E-state index contributed by atoms with van der Waals surface area (Å²) in [6.07, 6.45) is 8.88. The first-order valence-electron chi connectivity index (χ1n) is 8.72. The highest BCUT2D eigenvalue weighted by molar-refractivity contribution is 5.81. The van der Waals surface area contributed by atoms with Crippen molar-refractivity contribution in [1.29, 1.82) is 0 Å². The summed E-state index contributed by atoms with van der Waals surface area (Å²) in [6.45, 7) is 4.03. The molecule has 1 aliphatic rings. The van der Waals surface area contributed by atoms with Gasteiger partial charge in [-0.15, -0.1) is 0 Å². The van der Waals surface area contributed by atoms with Gasteiger partial charge in [0, 0.05) is 6.04 Å². The van der Waals surface area contributed by atoms with Crippen LogP contribution in [0.5, 0.6) is 5.75 Å². The quantitative estimate of drug-likeness (QED) is 0.876. The van der Waals surface area contributed by atoms with Crippen molar-refractivity contribution < 1.29 is 9.53 Å². The normalized spacial score (nSPS) is 18.1. The maximum absolute atomic E-state index is 12.5. The minimum atomic E-state index is -0.396. The second-order valence-electron chi connectivity index (χ2n) is 6.38. The van der Waals surface area contributed by atoms with Gasteiger partial charge in [-0.05, 0) is 43.9 Å². The Kier molecular flexibility index (Phi) is 6.75. The second kappa shape index (κ2) is 8.82. The summed E-state index contributed by atoms with van der Waals surface area (Å²) < 4.78 is 5.89. The summed E-state index contributed by atoms with van der Waals surface area (Å²) >= 11 is 0. The Labute approximate surface area is 134 Å². The maximum Gasteiger partial charge on any atom is 0.261 e. The molecule has 0 aliphatic heterocycles. The molecule has 1 saturated carbocycles. The summed E-state index contributed by atoms with van der Waals surface area (Å²) in [7, 11) is 0. The zero-order chi connectivity index (χ0) is 15.8. The molecular weight excluding hydrogens is 274 g/mol. The first-order valence-corrected chi connectivity index (χ1v) is 8.72. The van der Waals surface area contributed by atoms with Gasteiger partial charge in [0.15, 0.2) is 6.10 Å². The van der Waals surface area contributed by atoms with Gasteiger partial charge >= 0.3 is 0 Å². The molecule has 0 radical (unpaired) electrons. The van der Waals surface area contributed by atoms with Gasteiger partial charge in [0.25, 0.3) is 5.91 Å². The van der Waals surface area contributed by atoms with Gasteiger partial charge in [-0.25, -0.2) is 0 Å². The van der Waals surface area contributed by atoms with E-state index in [0.717, 1.165) is 24.2 Å². The zero-order valence-corrected chi connectivity index (χ0v) is 13.9. The first kappa shape index (κ1) is 16.9. The number of amides is 1. The molecule has 0 spiro atoms. The van der Waals surface area contributed by atoms with Crippen LogP contribution in [0.25, 0.3) is 0 Å². The average molecular weight is 303 g/mol. The first-order chi connectivity index (χ1) is 10.7. The van der Waals surface area contributed by atoms with Crippen LogP contribution in [-0.2, 0) is 4.79 Å². The van der Waals surface area contributed by atoms with Crippen LogP contribution in [0.15, 0.2) is 24.3 Å². The fraction of sp³-hybridized carbons (Fsp3) is 0.632. The zero-order valence-electron chi connectivity index (χ0n) is 13.9. The lowest BCUT2D eigenvalue weighted by Gasteiger charge is -2.24. The Hall–Kier alpha value is -1.51. The van der Waals surface area contributed by atoms with Gasteiger partial charge in [0.05, 0.1) is 0 Å². The number of carbonyl (C=O) groups is 1. The average Bonchev–Trinajstić information content (AvgIpc) is 2.47. The summed E-state index contributed by atoms with van der Waals surface area (Å²) in [6, 6.07) is 8.21. The van der Waals surface area contributed by atoms with E-state index in [1.165, 1.54) is 32.1 Å². The number of carbonyl (C=O) groups excluding carboxylic acids is 1. The van der Waals surface area contributed by atoms with Crippen molar-refractivity contribution in [3.05, 3.63) is 29.8 Å². The number of aryl methyl sites for hydroxylation is 1. The summed E-state index contributed by atoms with van der Waals surface area (Å²) in [5, 5.41) is 3.21. The highest BCUT2D eigenvalue weighted by atomic mass is 16.5. The smallest absolute Gasteiger partial charge is 0.261 e. The van der Waals surface area contributed by atoms with Crippen molar-refractivity contribution in [1.82, 2.24) is 5.32 Å². The van der Waals surface area contributed by atoms with E-state index in [1.807, 2.05) is 38.1 Å². The van der Waals surface area contributed by atoms with Crippen LogP contribution in [0, 0.1) is 6.92 Å². The molecule has 1 fully saturated rings. The number of hydrogen-bond acceptors (Lipinski definition) is 2. The molecule has 1 aromatic carbocycles. The van der Waals surface area contributed by atoms with Crippen LogP contribution in [0.1, 0.15) is 63.9 Å². The van der Waals surface area contributed by atoms with Gasteiger partial charge in [-0.2, -0.15) is 0 Å². The molecule has 3 nitrogen and oxygen atoms in total. The van der Waals surface area contributed by atoms with Crippen molar-refractivity contribution >= 4 is 5.91 Å². The second-order valence-corrected chi connectivity index (χ2v) is 6.38. The number of rotatable bonds is 5. The van der Waals surface area contributed by atoms with E-state index >= 15 is 0 Å². The van der Waals surface area contributed by atoms with Crippen LogP contribution in [-0.4, -0.2) is 18.1 Å². The van der Waals surface area contributed by atoms with E-state index in [9.17, 15) is 4.79 Å². The topological polar surface area (TPSA) is 38.3 Å². The third-order valence-corrected chi connectivity index (χ3v) is 4.38. The lowest BCUT2D eigenvalue weighted by Crippen LogP contribution is -2.43. The van der Waals surface area contributed by atoms with E-state index in [4.69, 9.17) is 4.74 Å². The lowest BCUT2D eigenvalue weighted by molar-refractivity contribution is -0.129. The largest absolute Gasteiger partial charge is 0.481 e. The van der Waals surface area contributed by atoms with E-state index in [1.54, 1.807) is 0 Å². The molecule has 0 heterocycles. The number of nitrogens with one attached hydrogen (secondary N) is 1. The number of ether oxygens (including phenoxy) is 1. The van der Waals surface area contributed by atoms with Crippen LogP contribution in [0.4, 0.5) is 0 Å². The molecule has 0 saturated heterocycles. The molecule has 2 rings (SSSR count). The molecule has 1 N–H and O–H groups in total. The summed E-state index contributed by atoms with van der Waals surface area (Å²) in [4.78, 5) is 12.5. The standard InChI is InChI=1S/C19H29NO2/c1-3-18(22-17-13-9-10-15(2)14-17)19(21)20-16-11-7-5-4-6-8-12-16/h9-10,13-14,16,18H,3-8,11-12H2,1-2H3,(H,20,21)/t18-/m0/s1. The molecule has 1 aromatic rings. The third-order valence-electron chi connectivity index (χ3n) is 4.38. The minimum Gasteiger partial charge on any atom is -0.481 e. The Morgan fingerprint density at radius 3 is 2.55 bits per heavy atom. The van der Waals surface area contributed by atoms with Crippen LogP contribution < -0.4 is 10.1 Å². The van der Waals surface area contributed by atoms with Crippen LogP contribution in [0.2, 0.25) is 0 Å². The SMILES string of the molecule is CC[C@H](Oc1cccc(C)c1)C(=O)NC1CCCCCCC1. The predicted octanol–water partition coefficient (Wildman–Crippen LogP) is 4.38. The highest BCUT2D eigenvalue weighted by Crippen LogP contribution is 2.19. The number of hydrogen-bond donors (Lipinski definition) is 1. The van der Waals surface area contributed by atoms with Gasteiger partial charge in [0.2, 0.25) is 0 Å². The Balaban J connectivity index is 1.90. The third kappa shape index (κ3) is 5.36. The van der Waals surface area contributed by atoms with Crippen molar-refractivity contribution in [3.8, 4) is 5.75 Å². The Morgan fingerprint density at radius 1 is 1.23 bits per heavy atom. The lowest BCUT2D eigenvalue weighted by atomic mass is 9.96. The minimum absolute atomic E-state index is 0.0366. The van der Waals surface area contributed by atoms with Gasteiger partial charge in [-0.1, -0.05) is 51.2 Å². The Morgan fingerprint density at radius 2 is 1.91 bits per heavy atom. The monoisotopic (exact) mass is 303 g/mol. The predicted molar refractivity (Wildman–Crippen MR) is 90.1 cm³/mol. The van der Waals surface area contributed by atoms with E-state index in [-0.39, 0.29) is 5.91 Å². The van der Waals surface area contributed by atoms with Gasteiger partial charge in [0.1, 0.15) is 5.75 Å². The molecule has 122 valence electrons. The molecule has 1 amide bonds. The fourth-order valence-electron chi connectivity index (χ4n) is 3.07. The van der Waals surface area contributed by atoms with E-state index < -0.39 is 6.10 Å². The number of benzene rings is 1. The van der Waals surface area contributed by atoms with Crippen molar-refractivity contribution in [2.75, 3.05) is 0 Å². The summed E-state index contributed by atoms with van der Waals surface area (Å²) in [5.41, 5.74) is 1.15.